The van der Waals surface area contributed by atoms with Crippen molar-refractivity contribution in [3.8, 4) is 22.5 Å². The molecule has 0 bridgehead atoms. The lowest BCUT2D eigenvalue weighted by molar-refractivity contribution is 0.509. The van der Waals surface area contributed by atoms with Gasteiger partial charge in [-0.1, -0.05) is 36.4 Å². The number of halogens is 2. The van der Waals surface area contributed by atoms with Gasteiger partial charge in [0.1, 0.15) is 0 Å². The van der Waals surface area contributed by atoms with Gasteiger partial charge in [0, 0.05) is 18.0 Å². The number of rotatable bonds is 6. The van der Waals surface area contributed by atoms with E-state index >= 15 is 0 Å². The summed E-state index contributed by atoms with van der Waals surface area (Å²) in [5.74, 6) is -1.05. The van der Waals surface area contributed by atoms with Gasteiger partial charge in [-0.05, 0) is 48.1 Å². The number of hydrogen-bond acceptors (Lipinski definition) is 2. The molecule has 2 aromatic carbocycles. The van der Waals surface area contributed by atoms with E-state index in [2.05, 4.69) is 16.5 Å². The molecule has 0 aliphatic carbocycles. The van der Waals surface area contributed by atoms with Crippen LogP contribution in [0.5, 0.6) is 0 Å². The Morgan fingerprint density at radius 2 is 1.48 bits per heavy atom. The maximum Gasteiger partial charge on any atom is 0.159 e. The monoisotopic (exact) mass is 336 g/mol. The predicted molar refractivity (Wildman–Crippen MR) is 96.0 cm³/mol. The molecule has 2 nitrogen and oxygen atoms in total. The third-order valence-electron chi connectivity index (χ3n) is 3.98. The Labute approximate surface area is 145 Å². The molecular weight excluding hydrogens is 318 g/mol. The van der Waals surface area contributed by atoms with Crippen molar-refractivity contribution in [1.29, 1.82) is 0 Å². The van der Waals surface area contributed by atoms with Crippen LogP contribution in [0.15, 0.2) is 67.5 Å². The van der Waals surface area contributed by atoms with Crippen LogP contribution < -0.4 is 0 Å². The fourth-order valence-electron chi connectivity index (χ4n) is 2.57. The van der Waals surface area contributed by atoms with Crippen molar-refractivity contribution in [2.45, 2.75) is 19.3 Å². The van der Waals surface area contributed by atoms with Crippen molar-refractivity contribution in [2.75, 3.05) is 0 Å². The van der Waals surface area contributed by atoms with Crippen LogP contribution in [0, 0.1) is 11.6 Å². The lowest BCUT2D eigenvalue weighted by atomic mass is 10.0. The number of nitrogens with zero attached hydrogens (tertiary/aromatic N) is 2. The fraction of sp³-hybridized carbons (Fsp3) is 0.143. The first-order valence-corrected chi connectivity index (χ1v) is 8.15. The van der Waals surface area contributed by atoms with E-state index in [1.165, 1.54) is 6.07 Å². The lowest BCUT2D eigenvalue weighted by Gasteiger charge is -2.05. The van der Waals surface area contributed by atoms with Crippen LogP contribution in [0.2, 0.25) is 0 Å². The van der Waals surface area contributed by atoms with E-state index in [1.807, 2.05) is 42.7 Å². The van der Waals surface area contributed by atoms with Gasteiger partial charge in [-0.15, -0.1) is 6.58 Å². The van der Waals surface area contributed by atoms with Crippen molar-refractivity contribution in [1.82, 2.24) is 9.97 Å². The van der Waals surface area contributed by atoms with Gasteiger partial charge in [0.05, 0.1) is 0 Å². The highest BCUT2D eigenvalue weighted by atomic mass is 19.2. The number of aromatic nitrogens is 2. The van der Waals surface area contributed by atoms with Crippen LogP contribution >= 0.6 is 0 Å². The molecule has 1 aromatic heterocycles. The summed E-state index contributed by atoms with van der Waals surface area (Å²) in [6.45, 7) is 3.71. The van der Waals surface area contributed by atoms with Gasteiger partial charge < -0.3 is 0 Å². The van der Waals surface area contributed by atoms with Crippen LogP contribution in [0.4, 0.5) is 8.78 Å². The van der Waals surface area contributed by atoms with E-state index in [0.29, 0.717) is 11.4 Å². The Hall–Kier alpha value is -2.88. The highest BCUT2D eigenvalue weighted by Crippen LogP contribution is 2.24. The third kappa shape index (κ3) is 4.15. The zero-order valence-corrected chi connectivity index (χ0v) is 13.8. The topological polar surface area (TPSA) is 25.8 Å². The Kier molecular flexibility index (Phi) is 5.29. The molecule has 3 rings (SSSR count). The highest BCUT2D eigenvalue weighted by molar-refractivity contribution is 5.67. The van der Waals surface area contributed by atoms with E-state index in [-0.39, 0.29) is 0 Å². The molecule has 4 heteroatoms. The Bertz CT molecular complexity index is 856. The maximum atomic E-state index is 13.4. The van der Waals surface area contributed by atoms with Gasteiger partial charge in [0.15, 0.2) is 17.5 Å². The maximum absolute atomic E-state index is 13.4. The van der Waals surface area contributed by atoms with Crippen LogP contribution in [0.25, 0.3) is 22.5 Å². The molecule has 0 saturated carbocycles. The molecule has 3 aromatic rings. The average Bonchev–Trinajstić information content (AvgIpc) is 2.65. The summed E-state index contributed by atoms with van der Waals surface area (Å²) >= 11 is 0. The van der Waals surface area contributed by atoms with Crippen LogP contribution in [0.1, 0.15) is 18.4 Å². The summed E-state index contributed by atoms with van der Waals surface area (Å²) in [6, 6.07) is 11.3. The third-order valence-corrected chi connectivity index (χ3v) is 3.98. The van der Waals surface area contributed by atoms with E-state index < -0.39 is 11.6 Å². The highest BCUT2D eigenvalue weighted by Gasteiger charge is 2.06. The van der Waals surface area contributed by atoms with E-state index in [4.69, 9.17) is 0 Å². The van der Waals surface area contributed by atoms with Crippen molar-refractivity contribution in [2.24, 2.45) is 0 Å². The Morgan fingerprint density at radius 1 is 0.840 bits per heavy atom. The predicted octanol–water partition coefficient (Wildman–Crippen LogP) is 5.60. The van der Waals surface area contributed by atoms with E-state index in [9.17, 15) is 8.78 Å². The first kappa shape index (κ1) is 17.0. The second-order valence-corrected chi connectivity index (χ2v) is 5.80. The fourth-order valence-corrected chi connectivity index (χ4v) is 2.57. The van der Waals surface area contributed by atoms with Crippen molar-refractivity contribution in [3.05, 3.63) is 84.7 Å². The smallest absolute Gasteiger partial charge is 0.159 e. The molecule has 0 amide bonds. The molecule has 0 radical (unpaired) electrons. The molecule has 0 aliphatic heterocycles. The van der Waals surface area contributed by atoms with Gasteiger partial charge in [0.25, 0.3) is 0 Å². The normalized spacial score (nSPS) is 10.6. The van der Waals surface area contributed by atoms with E-state index in [1.54, 1.807) is 6.07 Å². The zero-order chi connectivity index (χ0) is 17.6. The first-order chi connectivity index (χ1) is 12.2. The minimum absolute atomic E-state index is 0.629. The van der Waals surface area contributed by atoms with Gasteiger partial charge in [-0.3, -0.25) is 0 Å². The summed E-state index contributed by atoms with van der Waals surface area (Å²) in [4.78, 5) is 8.82. The average molecular weight is 336 g/mol. The molecule has 1 heterocycles. The summed E-state index contributed by atoms with van der Waals surface area (Å²) in [5, 5.41) is 0. The number of hydrogen-bond donors (Lipinski definition) is 0. The number of allylic oxidation sites excluding steroid dienone is 1. The SMILES string of the molecule is C=CCCCc1cnc(-c2ccc(-c3ccc(F)c(F)c3)cc2)nc1. The molecule has 0 unspecified atom stereocenters. The van der Waals surface area contributed by atoms with Gasteiger partial charge in [-0.25, -0.2) is 18.7 Å². The number of aryl methyl sites for hydroxylation is 1. The molecule has 0 atom stereocenters. The van der Waals surface area contributed by atoms with Crippen LogP contribution in [0.3, 0.4) is 0 Å². The zero-order valence-electron chi connectivity index (χ0n) is 13.8. The standard InChI is InChI=1S/C21H18F2N2/c1-2-3-4-5-15-13-24-21(25-14-15)17-8-6-16(7-9-17)18-10-11-19(22)20(23)12-18/h2,6-14H,1,3-5H2. The minimum atomic E-state index is -0.850. The molecule has 0 saturated heterocycles. The Morgan fingerprint density at radius 3 is 2.12 bits per heavy atom. The molecule has 25 heavy (non-hydrogen) atoms. The number of benzene rings is 2. The largest absolute Gasteiger partial charge is 0.236 e. The van der Waals surface area contributed by atoms with Gasteiger partial charge in [-0.2, -0.15) is 0 Å². The summed E-state index contributed by atoms with van der Waals surface area (Å²) in [6.07, 6.45) is 8.54. The minimum Gasteiger partial charge on any atom is -0.236 e. The summed E-state index contributed by atoms with van der Waals surface area (Å²) in [5.41, 5.74) is 3.42. The molecule has 0 fully saturated rings. The second kappa shape index (κ2) is 7.79. The number of unbranched alkanes of at least 4 members (excludes halogenated alkanes) is 1. The first-order valence-electron chi connectivity index (χ1n) is 8.15. The second-order valence-electron chi connectivity index (χ2n) is 5.80. The molecule has 0 N–H and O–H groups in total. The summed E-state index contributed by atoms with van der Waals surface area (Å²) in [7, 11) is 0. The van der Waals surface area contributed by atoms with Crippen molar-refractivity contribution < 1.29 is 8.78 Å². The molecule has 126 valence electrons. The van der Waals surface area contributed by atoms with Crippen LogP contribution in [-0.2, 0) is 6.42 Å². The molecular formula is C21H18F2N2. The van der Waals surface area contributed by atoms with Crippen molar-refractivity contribution >= 4 is 0 Å². The van der Waals surface area contributed by atoms with Gasteiger partial charge in [0.2, 0.25) is 0 Å². The Balaban J connectivity index is 1.75. The molecule has 0 aliphatic rings. The van der Waals surface area contributed by atoms with Gasteiger partial charge >= 0.3 is 0 Å². The van der Waals surface area contributed by atoms with Crippen LogP contribution in [-0.4, -0.2) is 9.97 Å². The van der Waals surface area contributed by atoms with E-state index in [0.717, 1.165) is 42.0 Å². The lowest BCUT2D eigenvalue weighted by Crippen LogP contribution is -1.93. The quantitative estimate of drug-likeness (QED) is 0.433. The van der Waals surface area contributed by atoms with Crippen molar-refractivity contribution in [3.63, 3.8) is 0 Å². The molecule has 0 spiro atoms. The summed E-state index contributed by atoms with van der Waals surface area (Å²) < 4.78 is 26.4.